The fraction of sp³-hybridized carbons (Fsp3) is 0.208. The van der Waals surface area contributed by atoms with Gasteiger partial charge in [0.25, 0.3) is 10.0 Å². The number of nitrogens with zero attached hydrogens (tertiary/aromatic N) is 1. The van der Waals surface area contributed by atoms with Gasteiger partial charge in [-0.3, -0.25) is 9.10 Å². The number of para-hydroxylation sites is 1. The van der Waals surface area contributed by atoms with E-state index in [4.69, 9.17) is 4.74 Å². The molecule has 0 saturated carbocycles. The average molecular weight is 489 g/mol. The lowest BCUT2D eigenvalue weighted by molar-refractivity contribution is -0.114. The van der Waals surface area contributed by atoms with E-state index in [9.17, 15) is 17.6 Å². The Kier molecular flexibility index (Phi) is 8.35. The van der Waals surface area contributed by atoms with Crippen molar-refractivity contribution in [3.8, 4) is 5.75 Å². The first-order valence-corrected chi connectivity index (χ1v) is 12.8. The van der Waals surface area contributed by atoms with Gasteiger partial charge in [0.1, 0.15) is 18.1 Å². The molecule has 33 heavy (non-hydrogen) atoms. The number of thioether (sulfide) groups is 1. The van der Waals surface area contributed by atoms with Crippen LogP contribution in [0.2, 0.25) is 0 Å². The van der Waals surface area contributed by atoms with Gasteiger partial charge in [-0.05, 0) is 73.3 Å². The lowest BCUT2D eigenvalue weighted by atomic mass is 10.3. The molecule has 0 unspecified atom stereocenters. The second-order valence-electron chi connectivity index (χ2n) is 6.87. The third kappa shape index (κ3) is 6.27. The molecule has 1 amide bonds. The summed E-state index contributed by atoms with van der Waals surface area (Å²) >= 11 is 1.57. The van der Waals surface area contributed by atoms with Crippen LogP contribution < -0.4 is 14.4 Å². The van der Waals surface area contributed by atoms with Crippen LogP contribution >= 0.6 is 11.8 Å². The maximum absolute atomic E-state index is 13.5. The van der Waals surface area contributed by atoms with Crippen LogP contribution in [-0.4, -0.2) is 33.2 Å². The van der Waals surface area contributed by atoms with Gasteiger partial charge >= 0.3 is 0 Å². The van der Waals surface area contributed by atoms with E-state index in [-0.39, 0.29) is 10.6 Å². The van der Waals surface area contributed by atoms with E-state index in [0.717, 1.165) is 27.1 Å². The predicted molar refractivity (Wildman–Crippen MR) is 130 cm³/mol. The quantitative estimate of drug-likeness (QED) is 0.399. The summed E-state index contributed by atoms with van der Waals surface area (Å²) in [5.74, 6) is 0.332. The Balaban J connectivity index is 1.91. The van der Waals surface area contributed by atoms with E-state index >= 15 is 0 Å². The van der Waals surface area contributed by atoms with E-state index in [2.05, 4.69) is 5.32 Å². The van der Waals surface area contributed by atoms with Crippen LogP contribution in [0.1, 0.15) is 13.8 Å². The number of nitrogens with one attached hydrogen (secondary N) is 1. The van der Waals surface area contributed by atoms with Crippen molar-refractivity contribution >= 4 is 39.1 Å². The minimum atomic E-state index is -4.12. The Morgan fingerprint density at radius 3 is 2.30 bits per heavy atom. The van der Waals surface area contributed by atoms with Gasteiger partial charge in [0, 0.05) is 4.90 Å². The number of hydrogen-bond acceptors (Lipinski definition) is 5. The third-order valence-electron chi connectivity index (χ3n) is 4.59. The second-order valence-corrected chi connectivity index (χ2v) is 10.0. The number of benzene rings is 3. The molecule has 0 aliphatic heterocycles. The molecule has 174 valence electrons. The lowest BCUT2D eigenvalue weighted by Gasteiger charge is -2.24. The Hall–Kier alpha value is -3.04. The van der Waals surface area contributed by atoms with Gasteiger partial charge in [0.15, 0.2) is 0 Å². The summed E-state index contributed by atoms with van der Waals surface area (Å²) in [6.07, 6.45) is 0. The van der Waals surface area contributed by atoms with Crippen molar-refractivity contribution in [3.05, 3.63) is 78.6 Å². The smallest absolute Gasteiger partial charge is 0.264 e. The molecule has 0 radical (unpaired) electrons. The van der Waals surface area contributed by atoms with Gasteiger partial charge in [0.2, 0.25) is 5.91 Å². The Morgan fingerprint density at radius 2 is 1.67 bits per heavy atom. The van der Waals surface area contributed by atoms with Crippen LogP contribution in [0.15, 0.2) is 82.6 Å². The molecule has 0 heterocycles. The molecule has 6 nitrogen and oxygen atoms in total. The molecule has 9 heteroatoms. The molecule has 3 aromatic rings. The molecule has 0 aromatic heterocycles. The summed E-state index contributed by atoms with van der Waals surface area (Å²) in [4.78, 5) is 13.8. The first kappa shape index (κ1) is 24.6. The summed E-state index contributed by atoms with van der Waals surface area (Å²) < 4.78 is 46.7. The van der Waals surface area contributed by atoms with Gasteiger partial charge in [-0.15, -0.1) is 11.8 Å². The highest BCUT2D eigenvalue weighted by molar-refractivity contribution is 7.99. The maximum atomic E-state index is 13.5. The number of anilines is 2. The minimum Gasteiger partial charge on any atom is -0.494 e. The molecule has 0 aliphatic rings. The van der Waals surface area contributed by atoms with Crippen molar-refractivity contribution in [3.63, 3.8) is 0 Å². The van der Waals surface area contributed by atoms with Crippen molar-refractivity contribution in [2.45, 2.75) is 23.6 Å². The normalized spacial score (nSPS) is 11.1. The van der Waals surface area contributed by atoms with E-state index in [0.29, 0.717) is 18.0 Å². The fourth-order valence-corrected chi connectivity index (χ4v) is 5.28. The summed E-state index contributed by atoms with van der Waals surface area (Å²) in [5.41, 5.74) is 0.781. The van der Waals surface area contributed by atoms with Gasteiger partial charge in [0.05, 0.1) is 22.9 Å². The van der Waals surface area contributed by atoms with Crippen LogP contribution in [-0.2, 0) is 14.8 Å². The van der Waals surface area contributed by atoms with Crippen LogP contribution in [0.25, 0.3) is 0 Å². The largest absolute Gasteiger partial charge is 0.494 e. The second kappa shape index (κ2) is 11.2. The van der Waals surface area contributed by atoms with Gasteiger partial charge in [-0.2, -0.15) is 0 Å². The van der Waals surface area contributed by atoms with Crippen molar-refractivity contribution in [2.24, 2.45) is 0 Å². The molecule has 0 aliphatic carbocycles. The molecule has 0 bridgehead atoms. The molecule has 0 saturated heterocycles. The van der Waals surface area contributed by atoms with Gasteiger partial charge in [-0.25, -0.2) is 12.8 Å². The highest BCUT2D eigenvalue weighted by Crippen LogP contribution is 2.28. The number of amides is 1. The molecular formula is C24H25FN2O4S2. The topological polar surface area (TPSA) is 75.7 Å². The Morgan fingerprint density at radius 1 is 1.00 bits per heavy atom. The van der Waals surface area contributed by atoms with Crippen LogP contribution in [0, 0.1) is 5.82 Å². The molecule has 0 fully saturated rings. The van der Waals surface area contributed by atoms with Gasteiger partial charge < -0.3 is 10.1 Å². The van der Waals surface area contributed by atoms with E-state index in [1.54, 1.807) is 36.0 Å². The molecule has 3 aromatic carbocycles. The Labute approximate surface area is 197 Å². The monoisotopic (exact) mass is 488 g/mol. The molecule has 3 rings (SSSR count). The van der Waals surface area contributed by atoms with Crippen LogP contribution in [0.3, 0.4) is 0 Å². The number of sulfonamides is 1. The van der Waals surface area contributed by atoms with E-state index < -0.39 is 28.3 Å². The standard InChI is InChI=1S/C24H25FN2O4S2/c1-3-31-20-13-15-21(16-14-20)33(29,30)27(19-11-9-18(25)10-12-19)17-24(28)26-22-7-5-6-8-23(22)32-4-2/h5-16H,3-4,17H2,1-2H3,(H,26,28). The fourth-order valence-electron chi connectivity index (χ4n) is 3.10. The van der Waals surface area contributed by atoms with Crippen LogP contribution in [0.4, 0.5) is 15.8 Å². The summed E-state index contributed by atoms with van der Waals surface area (Å²) in [6.45, 7) is 3.80. The maximum Gasteiger partial charge on any atom is 0.264 e. The first-order chi connectivity index (χ1) is 15.8. The average Bonchev–Trinajstić information content (AvgIpc) is 2.80. The first-order valence-electron chi connectivity index (χ1n) is 10.4. The molecular weight excluding hydrogens is 463 g/mol. The van der Waals surface area contributed by atoms with Crippen molar-refractivity contribution in [1.29, 1.82) is 0 Å². The highest BCUT2D eigenvalue weighted by atomic mass is 32.2. The SMILES string of the molecule is CCOc1ccc(S(=O)(=O)N(CC(=O)Nc2ccccc2SCC)c2ccc(F)cc2)cc1. The predicted octanol–water partition coefficient (Wildman–Crippen LogP) is 5.17. The summed E-state index contributed by atoms with van der Waals surface area (Å²) in [7, 11) is -4.12. The minimum absolute atomic E-state index is 0.00924. The van der Waals surface area contributed by atoms with Crippen LogP contribution in [0.5, 0.6) is 5.75 Å². The molecule has 0 spiro atoms. The zero-order valence-electron chi connectivity index (χ0n) is 18.3. The van der Waals surface area contributed by atoms with E-state index in [1.165, 1.54) is 24.3 Å². The van der Waals surface area contributed by atoms with Gasteiger partial charge in [-0.1, -0.05) is 19.1 Å². The number of hydrogen-bond donors (Lipinski definition) is 1. The third-order valence-corrected chi connectivity index (χ3v) is 7.33. The Bertz CT molecular complexity index is 1180. The number of carbonyl (C=O) groups excluding carboxylic acids is 1. The summed E-state index contributed by atoms with van der Waals surface area (Å²) in [5, 5.41) is 2.80. The zero-order valence-corrected chi connectivity index (χ0v) is 20.0. The zero-order chi connectivity index (χ0) is 23.8. The number of carbonyl (C=O) groups is 1. The highest BCUT2D eigenvalue weighted by Gasteiger charge is 2.27. The van der Waals surface area contributed by atoms with Crippen molar-refractivity contribution < 1.29 is 22.3 Å². The number of rotatable bonds is 10. The number of halogens is 1. The van der Waals surface area contributed by atoms with E-state index in [1.807, 2.05) is 26.0 Å². The number of ether oxygens (including phenoxy) is 1. The molecule has 1 N–H and O–H groups in total. The van der Waals surface area contributed by atoms with Crippen molar-refractivity contribution in [2.75, 3.05) is 28.5 Å². The molecule has 0 atom stereocenters. The van der Waals surface area contributed by atoms with Crippen molar-refractivity contribution in [1.82, 2.24) is 0 Å². The lowest BCUT2D eigenvalue weighted by Crippen LogP contribution is -2.38. The summed E-state index contributed by atoms with van der Waals surface area (Å²) in [6, 6.07) is 18.2.